The van der Waals surface area contributed by atoms with Crippen LogP contribution in [-0.4, -0.2) is 63.7 Å². The van der Waals surface area contributed by atoms with Crippen LogP contribution >= 0.6 is 24.0 Å². The second-order valence-corrected chi connectivity index (χ2v) is 9.91. The molecule has 15 heteroatoms. The van der Waals surface area contributed by atoms with Crippen LogP contribution in [0.4, 0.5) is 17.6 Å². The zero-order chi connectivity index (χ0) is 28.2. The smallest absolute Gasteiger partial charge is 0.349 e. The SMILES string of the molecule is COc1ccccc1NC(=S)Nc1nc(Sc2nnc(-c3cc4ccccc4oc3=O)o2)nc(N2CCOCC2)n1. The summed E-state index contributed by atoms with van der Waals surface area (Å²) >= 11 is 6.53. The number of anilines is 3. The number of hydrogen-bond acceptors (Lipinski definition) is 13. The second kappa shape index (κ2) is 11.9. The van der Waals surface area contributed by atoms with Gasteiger partial charge in [0.25, 0.3) is 11.1 Å². The lowest BCUT2D eigenvalue weighted by atomic mass is 10.2. The molecule has 13 nitrogen and oxygen atoms in total. The van der Waals surface area contributed by atoms with E-state index in [1.807, 2.05) is 41.3 Å². The van der Waals surface area contributed by atoms with Crippen LogP contribution in [0.15, 0.2) is 78.6 Å². The van der Waals surface area contributed by atoms with E-state index in [0.717, 1.165) is 17.1 Å². The lowest BCUT2D eigenvalue weighted by Crippen LogP contribution is -2.37. The number of thiocarbonyl (C=S) groups is 1. The van der Waals surface area contributed by atoms with Gasteiger partial charge in [-0.15, -0.1) is 10.2 Å². The molecule has 2 aromatic carbocycles. The molecule has 0 atom stereocenters. The van der Waals surface area contributed by atoms with Gasteiger partial charge in [0.1, 0.15) is 16.9 Å². The number of benzene rings is 2. The molecule has 4 heterocycles. The maximum Gasteiger partial charge on any atom is 0.349 e. The Morgan fingerprint density at radius 1 is 1.00 bits per heavy atom. The number of nitrogens with one attached hydrogen (secondary N) is 2. The van der Waals surface area contributed by atoms with E-state index in [0.29, 0.717) is 49.3 Å². The average Bonchev–Trinajstić information content (AvgIpc) is 3.45. The molecule has 0 amide bonds. The average molecular weight is 591 g/mol. The Balaban J connectivity index is 1.26. The summed E-state index contributed by atoms with van der Waals surface area (Å²) in [6, 6.07) is 16.2. The Morgan fingerprint density at radius 3 is 2.66 bits per heavy atom. The van der Waals surface area contributed by atoms with Crippen molar-refractivity contribution in [2.45, 2.75) is 10.4 Å². The summed E-state index contributed by atoms with van der Waals surface area (Å²) in [4.78, 5) is 28.2. The van der Waals surface area contributed by atoms with Crippen molar-refractivity contribution in [1.29, 1.82) is 0 Å². The third-order valence-electron chi connectivity index (χ3n) is 5.93. The van der Waals surface area contributed by atoms with E-state index in [4.69, 9.17) is 30.5 Å². The highest BCUT2D eigenvalue weighted by atomic mass is 32.2. The summed E-state index contributed by atoms with van der Waals surface area (Å²) in [6.45, 7) is 2.32. The van der Waals surface area contributed by atoms with Gasteiger partial charge in [-0.1, -0.05) is 30.3 Å². The molecular formula is C26H22N8O5S2. The highest BCUT2D eigenvalue weighted by Gasteiger charge is 2.21. The number of nitrogens with zero attached hydrogens (tertiary/aromatic N) is 6. The summed E-state index contributed by atoms with van der Waals surface area (Å²) in [6.07, 6.45) is 0. The van der Waals surface area contributed by atoms with Crippen molar-refractivity contribution < 1.29 is 18.3 Å². The Hall–Kier alpha value is -4.60. The van der Waals surface area contributed by atoms with Crippen LogP contribution in [0.5, 0.6) is 5.75 Å². The van der Waals surface area contributed by atoms with Crippen molar-refractivity contribution in [3.05, 3.63) is 65.0 Å². The molecular weight excluding hydrogens is 568 g/mol. The van der Waals surface area contributed by atoms with Crippen molar-refractivity contribution >= 4 is 57.6 Å². The van der Waals surface area contributed by atoms with Gasteiger partial charge in [0, 0.05) is 30.2 Å². The maximum atomic E-state index is 12.6. The van der Waals surface area contributed by atoms with Gasteiger partial charge in [0.15, 0.2) is 5.11 Å². The van der Waals surface area contributed by atoms with E-state index in [1.165, 1.54) is 0 Å². The van der Waals surface area contributed by atoms with Gasteiger partial charge >= 0.3 is 5.63 Å². The lowest BCUT2D eigenvalue weighted by Gasteiger charge is -2.27. The Morgan fingerprint density at radius 2 is 1.80 bits per heavy atom. The minimum absolute atomic E-state index is 0.0231. The molecule has 0 radical (unpaired) electrons. The van der Waals surface area contributed by atoms with E-state index in [-0.39, 0.29) is 32.9 Å². The van der Waals surface area contributed by atoms with Gasteiger partial charge in [-0.2, -0.15) is 15.0 Å². The van der Waals surface area contributed by atoms with Gasteiger partial charge in [-0.05, 0) is 36.5 Å². The van der Waals surface area contributed by atoms with Gasteiger partial charge in [-0.3, -0.25) is 0 Å². The van der Waals surface area contributed by atoms with Crippen molar-refractivity contribution in [2.24, 2.45) is 0 Å². The zero-order valence-electron chi connectivity index (χ0n) is 21.6. The van der Waals surface area contributed by atoms with E-state index in [1.54, 1.807) is 25.3 Å². The van der Waals surface area contributed by atoms with Crippen LogP contribution in [0.25, 0.3) is 22.4 Å². The predicted molar refractivity (Wildman–Crippen MR) is 156 cm³/mol. The molecule has 6 rings (SSSR count). The van der Waals surface area contributed by atoms with Crippen molar-refractivity contribution in [2.75, 3.05) is 48.9 Å². The fourth-order valence-electron chi connectivity index (χ4n) is 4.00. The predicted octanol–water partition coefficient (Wildman–Crippen LogP) is 3.83. The first kappa shape index (κ1) is 26.6. The van der Waals surface area contributed by atoms with E-state index in [9.17, 15) is 4.79 Å². The van der Waals surface area contributed by atoms with Gasteiger partial charge < -0.3 is 33.8 Å². The first-order valence-corrected chi connectivity index (χ1v) is 13.6. The number of morpholine rings is 1. The summed E-state index contributed by atoms with van der Waals surface area (Å²) in [5.74, 6) is 1.30. The number of ether oxygens (including phenoxy) is 2. The van der Waals surface area contributed by atoms with Crippen molar-refractivity contribution in [3.8, 4) is 17.2 Å². The Labute approximate surface area is 242 Å². The highest BCUT2D eigenvalue weighted by Crippen LogP contribution is 2.29. The quantitative estimate of drug-likeness (QED) is 0.208. The minimum Gasteiger partial charge on any atom is -0.495 e. The molecule has 1 fully saturated rings. The summed E-state index contributed by atoms with van der Waals surface area (Å²) < 4.78 is 22.0. The van der Waals surface area contributed by atoms with E-state index in [2.05, 4.69) is 35.8 Å². The van der Waals surface area contributed by atoms with Crippen LogP contribution in [-0.2, 0) is 4.74 Å². The molecule has 5 aromatic rings. The maximum absolute atomic E-state index is 12.6. The standard InChI is InChI=1S/C26H22N8O5S2/c1-36-19-9-5-3-7-17(19)27-24(40)29-22-28-23(34-10-12-37-13-11-34)31-25(30-22)41-26-33-32-20(39-26)16-14-15-6-2-4-8-18(15)38-21(16)35/h2-9,14H,10-13H2,1H3,(H2,27,28,29,30,31,40). The first-order chi connectivity index (χ1) is 20.1. The molecule has 0 aliphatic carbocycles. The van der Waals surface area contributed by atoms with Gasteiger partial charge in [-0.25, -0.2) is 4.79 Å². The molecule has 1 aliphatic rings. The van der Waals surface area contributed by atoms with Crippen LogP contribution < -0.4 is 25.9 Å². The van der Waals surface area contributed by atoms with Crippen LogP contribution in [0.3, 0.4) is 0 Å². The molecule has 208 valence electrons. The van der Waals surface area contributed by atoms with Crippen molar-refractivity contribution in [1.82, 2.24) is 25.1 Å². The molecule has 3 aromatic heterocycles. The molecule has 0 spiro atoms. The molecule has 0 saturated carbocycles. The number of fused-ring (bicyclic) bond motifs is 1. The van der Waals surface area contributed by atoms with Crippen LogP contribution in [0.2, 0.25) is 0 Å². The Kier molecular flexibility index (Phi) is 7.71. The Bertz CT molecular complexity index is 1770. The van der Waals surface area contributed by atoms with E-state index < -0.39 is 5.63 Å². The first-order valence-electron chi connectivity index (χ1n) is 12.4. The number of para-hydroxylation sites is 3. The molecule has 2 N–H and O–H groups in total. The third-order valence-corrected chi connectivity index (χ3v) is 6.84. The van der Waals surface area contributed by atoms with Gasteiger partial charge in [0.05, 0.1) is 26.0 Å². The largest absolute Gasteiger partial charge is 0.495 e. The number of hydrogen-bond donors (Lipinski definition) is 2. The topological polar surface area (TPSA) is 154 Å². The highest BCUT2D eigenvalue weighted by molar-refractivity contribution is 7.98. The van der Waals surface area contributed by atoms with Crippen LogP contribution in [0.1, 0.15) is 0 Å². The second-order valence-electron chi connectivity index (χ2n) is 8.58. The zero-order valence-corrected chi connectivity index (χ0v) is 23.2. The molecule has 41 heavy (non-hydrogen) atoms. The monoisotopic (exact) mass is 590 g/mol. The minimum atomic E-state index is -0.582. The van der Waals surface area contributed by atoms with Crippen LogP contribution in [0, 0.1) is 0 Å². The van der Waals surface area contributed by atoms with Crippen molar-refractivity contribution in [3.63, 3.8) is 0 Å². The third kappa shape index (κ3) is 6.11. The number of rotatable bonds is 7. The van der Waals surface area contributed by atoms with Gasteiger partial charge in [0.2, 0.25) is 17.1 Å². The summed E-state index contributed by atoms with van der Waals surface area (Å²) in [5.41, 5.74) is 0.722. The lowest BCUT2D eigenvalue weighted by molar-refractivity contribution is 0.122. The normalized spacial score (nSPS) is 13.2. The number of aromatic nitrogens is 5. The molecule has 0 unspecified atom stereocenters. The molecule has 0 bridgehead atoms. The fourth-order valence-corrected chi connectivity index (χ4v) is 4.82. The molecule has 1 aliphatic heterocycles. The van der Waals surface area contributed by atoms with E-state index >= 15 is 0 Å². The fraction of sp³-hybridized carbons (Fsp3) is 0.192. The summed E-state index contributed by atoms with van der Waals surface area (Å²) in [7, 11) is 1.58. The number of methoxy groups -OCH3 is 1. The summed E-state index contributed by atoms with van der Waals surface area (Å²) in [5, 5.41) is 15.6. The molecule has 1 saturated heterocycles.